The fraction of sp³-hybridized carbons (Fsp3) is 0.526. The van der Waals surface area contributed by atoms with Crippen molar-refractivity contribution in [3.8, 4) is 0 Å². The van der Waals surface area contributed by atoms with E-state index in [0.29, 0.717) is 24.4 Å². The summed E-state index contributed by atoms with van der Waals surface area (Å²) < 4.78 is 13.1. The van der Waals surface area contributed by atoms with Crippen molar-refractivity contribution in [3.63, 3.8) is 0 Å². The van der Waals surface area contributed by atoms with E-state index in [1.807, 2.05) is 13.8 Å². The molecular weight excluding hydrogens is 351 g/mol. The monoisotopic (exact) mass is 378 g/mol. The summed E-state index contributed by atoms with van der Waals surface area (Å²) in [6.07, 6.45) is 0.632. The van der Waals surface area contributed by atoms with Crippen LogP contribution in [0.1, 0.15) is 32.8 Å². The summed E-state index contributed by atoms with van der Waals surface area (Å²) in [7, 11) is 1.62. The predicted molar refractivity (Wildman–Crippen MR) is 99.1 cm³/mol. The third kappa shape index (κ3) is 4.44. The predicted octanol–water partition coefficient (Wildman–Crippen LogP) is 1.42. The Morgan fingerprint density at radius 1 is 1.30 bits per heavy atom. The van der Waals surface area contributed by atoms with Crippen molar-refractivity contribution in [2.45, 2.75) is 38.8 Å². The first-order valence-corrected chi connectivity index (χ1v) is 8.96. The molecule has 2 unspecified atom stereocenters. The Kier molecular flexibility index (Phi) is 6.20. The molecule has 1 saturated heterocycles. The SMILES string of the molecule is CC(C)C(N)CCN(C)C(=O)CN1C(=O)NC(C)(c2ccc(F)cc2)C1=O. The number of carbonyl (C=O) groups is 3. The Labute approximate surface area is 158 Å². The summed E-state index contributed by atoms with van der Waals surface area (Å²) in [5.41, 5.74) is 5.11. The zero-order valence-corrected chi connectivity index (χ0v) is 16.2. The molecule has 3 N–H and O–H groups in total. The van der Waals surface area contributed by atoms with E-state index in [1.165, 1.54) is 36.1 Å². The molecule has 0 bridgehead atoms. The highest BCUT2D eigenvalue weighted by Crippen LogP contribution is 2.28. The molecule has 1 heterocycles. The van der Waals surface area contributed by atoms with Crippen LogP contribution in [-0.4, -0.2) is 53.8 Å². The third-order valence-electron chi connectivity index (χ3n) is 5.07. The molecule has 0 aromatic heterocycles. The number of carbonyl (C=O) groups excluding carboxylic acids is 3. The number of nitrogens with two attached hydrogens (primary N) is 1. The number of hydrogen-bond donors (Lipinski definition) is 2. The molecule has 148 valence electrons. The zero-order valence-electron chi connectivity index (χ0n) is 16.2. The number of halogens is 1. The molecule has 0 saturated carbocycles. The van der Waals surface area contributed by atoms with E-state index in [1.54, 1.807) is 7.05 Å². The number of rotatable bonds is 7. The summed E-state index contributed by atoms with van der Waals surface area (Å²) in [5, 5.41) is 2.60. The minimum absolute atomic E-state index is 0.0289. The van der Waals surface area contributed by atoms with Gasteiger partial charge in [0.2, 0.25) is 5.91 Å². The fourth-order valence-electron chi connectivity index (χ4n) is 2.88. The van der Waals surface area contributed by atoms with Crippen molar-refractivity contribution in [2.24, 2.45) is 11.7 Å². The Hall–Kier alpha value is -2.48. The molecule has 27 heavy (non-hydrogen) atoms. The van der Waals surface area contributed by atoms with E-state index in [2.05, 4.69) is 5.32 Å². The van der Waals surface area contributed by atoms with Crippen LogP contribution in [0.15, 0.2) is 24.3 Å². The Bertz CT molecular complexity index is 722. The fourth-order valence-corrected chi connectivity index (χ4v) is 2.88. The van der Waals surface area contributed by atoms with Crippen molar-refractivity contribution in [1.29, 1.82) is 0 Å². The zero-order chi connectivity index (χ0) is 20.4. The quantitative estimate of drug-likeness (QED) is 0.702. The Morgan fingerprint density at radius 3 is 2.44 bits per heavy atom. The lowest BCUT2D eigenvalue weighted by Crippen LogP contribution is -2.44. The number of benzene rings is 1. The van der Waals surface area contributed by atoms with Gasteiger partial charge in [-0.05, 0) is 37.0 Å². The van der Waals surface area contributed by atoms with Crippen molar-refractivity contribution < 1.29 is 18.8 Å². The highest BCUT2D eigenvalue weighted by molar-refractivity contribution is 6.09. The van der Waals surface area contributed by atoms with Gasteiger partial charge in [0.1, 0.15) is 17.9 Å². The lowest BCUT2D eigenvalue weighted by Gasteiger charge is -2.24. The topological polar surface area (TPSA) is 95.7 Å². The second kappa shape index (κ2) is 8.04. The van der Waals surface area contributed by atoms with Crippen LogP contribution in [0.5, 0.6) is 0 Å². The number of nitrogens with zero attached hydrogens (tertiary/aromatic N) is 2. The van der Waals surface area contributed by atoms with Crippen LogP contribution < -0.4 is 11.1 Å². The highest BCUT2D eigenvalue weighted by atomic mass is 19.1. The lowest BCUT2D eigenvalue weighted by molar-refractivity contribution is -0.138. The van der Waals surface area contributed by atoms with Crippen LogP contribution in [0.3, 0.4) is 0 Å². The lowest BCUT2D eigenvalue weighted by atomic mass is 9.92. The molecule has 1 fully saturated rings. The van der Waals surface area contributed by atoms with Crippen molar-refractivity contribution in [1.82, 2.24) is 15.1 Å². The van der Waals surface area contributed by atoms with Crippen LogP contribution in [0.2, 0.25) is 0 Å². The van der Waals surface area contributed by atoms with Crippen LogP contribution in [0.4, 0.5) is 9.18 Å². The van der Waals surface area contributed by atoms with Gasteiger partial charge in [0, 0.05) is 19.6 Å². The van der Waals surface area contributed by atoms with Crippen LogP contribution >= 0.6 is 0 Å². The largest absolute Gasteiger partial charge is 0.344 e. The second-order valence-corrected chi connectivity index (χ2v) is 7.47. The van der Waals surface area contributed by atoms with Gasteiger partial charge in [-0.15, -0.1) is 0 Å². The second-order valence-electron chi connectivity index (χ2n) is 7.47. The molecular formula is C19H27FN4O3. The summed E-state index contributed by atoms with van der Waals surface area (Å²) in [6.45, 7) is 5.65. The molecule has 2 atom stereocenters. The van der Waals surface area contributed by atoms with E-state index in [4.69, 9.17) is 5.73 Å². The molecule has 2 rings (SSSR count). The highest BCUT2D eigenvalue weighted by Gasteiger charge is 2.49. The first-order chi connectivity index (χ1) is 12.6. The van der Waals surface area contributed by atoms with E-state index in [-0.39, 0.29) is 18.5 Å². The molecule has 0 radical (unpaired) electrons. The molecule has 1 aromatic carbocycles. The van der Waals surface area contributed by atoms with Gasteiger partial charge in [-0.2, -0.15) is 0 Å². The maximum atomic E-state index is 13.1. The summed E-state index contributed by atoms with van der Waals surface area (Å²) in [6, 6.07) is 4.65. The molecule has 1 aliphatic rings. The van der Waals surface area contributed by atoms with Crippen LogP contribution in [0.25, 0.3) is 0 Å². The van der Waals surface area contributed by atoms with E-state index in [0.717, 1.165) is 4.90 Å². The normalized spacial score (nSPS) is 20.8. The molecule has 0 spiro atoms. The molecule has 1 aliphatic heterocycles. The maximum absolute atomic E-state index is 13.1. The van der Waals surface area contributed by atoms with Gasteiger partial charge in [0.15, 0.2) is 0 Å². The van der Waals surface area contributed by atoms with Gasteiger partial charge in [-0.25, -0.2) is 9.18 Å². The van der Waals surface area contributed by atoms with E-state index in [9.17, 15) is 18.8 Å². The van der Waals surface area contributed by atoms with Gasteiger partial charge in [0.05, 0.1) is 0 Å². The average Bonchev–Trinajstić information content (AvgIpc) is 2.83. The molecule has 8 heteroatoms. The van der Waals surface area contributed by atoms with E-state index >= 15 is 0 Å². The van der Waals surface area contributed by atoms with Gasteiger partial charge in [-0.1, -0.05) is 26.0 Å². The number of nitrogens with one attached hydrogen (secondary N) is 1. The number of amides is 4. The van der Waals surface area contributed by atoms with Crippen molar-refractivity contribution in [2.75, 3.05) is 20.1 Å². The third-order valence-corrected chi connectivity index (χ3v) is 5.07. The standard InChI is InChI=1S/C19H27FN4O3/c1-12(2)15(21)9-10-23(4)16(25)11-24-17(26)19(3,22-18(24)27)13-5-7-14(20)8-6-13/h5-8,12,15H,9-11,21H2,1-4H3,(H,22,27). The smallest absolute Gasteiger partial charge is 0.325 e. The molecule has 4 amide bonds. The minimum atomic E-state index is -1.33. The molecule has 7 nitrogen and oxygen atoms in total. The van der Waals surface area contributed by atoms with Gasteiger partial charge >= 0.3 is 6.03 Å². The van der Waals surface area contributed by atoms with Crippen LogP contribution in [-0.2, 0) is 15.1 Å². The Morgan fingerprint density at radius 2 is 1.89 bits per heavy atom. The Balaban J connectivity index is 2.04. The van der Waals surface area contributed by atoms with Crippen LogP contribution in [0, 0.1) is 11.7 Å². The number of hydrogen-bond acceptors (Lipinski definition) is 4. The summed E-state index contributed by atoms with van der Waals surface area (Å²) in [4.78, 5) is 39.9. The minimum Gasteiger partial charge on any atom is -0.344 e. The maximum Gasteiger partial charge on any atom is 0.325 e. The summed E-state index contributed by atoms with van der Waals surface area (Å²) >= 11 is 0. The average molecular weight is 378 g/mol. The first-order valence-electron chi connectivity index (χ1n) is 8.96. The molecule has 1 aromatic rings. The molecule has 0 aliphatic carbocycles. The number of likely N-dealkylation sites (N-methyl/N-ethyl adjacent to an activating group) is 1. The van der Waals surface area contributed by atoms with Gasteiger partial charge in [-0.3, -0.25) is 14.5 Å². The van der Waals surface area contributed by atoms with E-state index < -0.39 is 23.3 Å². The number of urea groups is 1. The summed E-state index contributed by atoms with van der Waals surface area (Å²) in [5.74, 6) is -1.03. The van der Waals surface area contributed by atoms with Gasteiger partial charge in [0.25, 0.3) is 5.91 Å². The van der Waals surface area contributed by atoms with Crippen molar-refractivity contribution in [3.05, 3.63) is 35.6 Å². The first kappa shape index (κ1) is 20.8. The van der Waals surface area contributed by atoms with Gasteiger partial charge < -0.3 is 16.0 Å². The van der Waals surface area contributed by atoms with Crippen molar-refractivity contribution >= 4 is 17.8 Å². The number of imide groups is 1.